The molecule has 1 saturated carbocycles. The molecule has 2 bridgehead atoms. The topological polar surface area (TPSA) is 67.5 Å². The molecule has 0 aliphatic heterocycles. The Bertz CT molecular complexity index is 298. The first-order valence-electron chi connectivity index (χ1n) is 4.95. The van der Waals surface area contributed by atoms with E-state index in [-0.39, 0.29) is 0 Å². The van der Waals surface area contributed by atoms with Gasteiger partial charge < -0.3 is 5.73 Å². The van der Waals surface area contributed by atoms with Crippen LogP contribution in [0.4, 0.5) is 4.79 Å². The van der Waals surface area contributed by atoms with Crippen molar-refractivity contribution < 1.29 is 4.79 Å². The van der Waals surface area contributed by atoms with Crippen LogP contribution >= 0.6 is 0 Å². The van der Waals surface area contributed by atoms with E-state index in [1.807, 2.05) is 6.21 Å². The largest absolute Gasteiger partial charge is 0.350 e. The quantitative estimate of drug-likeness (QED) is 0.385. The van der Waals surface area contributed by atoms with E-state index in [1.165, 1.54) is 6.42 Å². The van der Waals surface area contributed by atoms with Gasteiger partial charge in [-0.15, -0.1) is 0 Å². The highest BCUT2D eigenvalue weighted by molar-refractivity contribution is 5.73. The fourth-order valence-electron chi connectivity index (χ4n) is 2.54. The molecule has 4 heteroatoms. The molecule has 2 rings (SSSR count). The summed E-state index contributed by atoms with van der Waals surface area (Å²) in [5.74, 6) is 2.39. The number of nitrogens with two attached hydrogens (primary N) is 1. The van der Waals surface area contributed by atoms with Crippen LogP contribution in [0.1, 0.15) is 13.3 Å². The number of hydrogen-bond donors (Lipinski definition) is 2. The lowest BCUT2D eigenvalue weighted by Crippen LogP contribution is -2.26. The fourth-order valence-corrected chi connectivity index (χ4v) is 2.54. The Morgan fingerprint density at radius 3 is 2.86 bits per heavy atom. The van der Waals surface area contributed by atoms with E-state index in [0.29, 0.717) is 23.7 Å². The minimum Gasteiger partial charge on any atom is -0.350 e. The second kappa shape index (κ2) is 3.44. The maximum Gasteiger partial charge on any atom is 0.332 e. The molecule has 14 heavy (non-hydrogen) atoms. The molecular weight excluding hydrogens is 178 g/mol. The Kier molecular flexibility index (Phi) is 2.27. The zero-order valence-corrected chi connectivity index (χ0v) is 8.18. The Balaban J connectivity index is 1.96. The molecule has 0 saturated heterocycles. The van der Waals surface area contributed by atoms with Crippen molar-refractivity contribution in [3.8, 4) is 0 Å². The first-order chi connectivity index (χ1) is 6.68. The maximum atomic E-state index is 10.4. The summed E-state index contributed by atoms with van der Waals surface area (Å²) >= 11 is 0. The fraction of sp³-hybridized carbons (Fsp3) is 0.600. The summed E-state index contributed by atoms with van der Waals surface area (Å²) in [4.78, 5) is 10.4. The van der Waals surface area contributed by atoms with E-state index in [9.17, 15) is 4.79 Å². The molecule has 4 atom stereocenters. The number of primary amides is 1. The highest BCUT2D eigenvalue weighted by atomic mass is 16.2. The summed E-state index contributed by atoms with van der Waals surface area (Å²) in [6, 6.07) is -0.604. The predicted molar refractivity (Wildman–Crippen MR) is 54.6 cm³/mol. The third kappa shape index (κ3) is 1.52. The number of nitrogens with zero attached hydrogens (tertiary/aromatic N) is 1. The van der Waals surface area contributed by atoms with E-state index in [2.05, 4.69) is 29.6 Å². The number of amides is 2. The van der Waals surface area contributed by atoms with Crippen molar-refractivity contribution in [2.75, 3.05) is 0 Å². The molecule has 2 aliphatic rings. The van der Waals surface area contributed by atoms with Gasteiger partial charge in [-0.1, -0.05) is 19.1 Å². The van der Waals surface area contributed by atoms with Crippen molar-refractivity contribution in [3.05, 3.63) is 12.2 Å². The molecule has 0 radical (unpaired) electrons. The number of urea groups is 1. The third-order valence-corrected chi connectivity index (χ3v) is 3.35. The second-order valence-electron chi connectivity index (χ2n) is 4.14. The minimum absolute atomic E-state index is 0.455. The average molecular weight is 193 g/mol. The van der Waals surface area contributed by atoms with Crippen LogP contribution < -0.4 is 11.2 Å². The van der Waals surface area contributed by atoms with Crippen LogP contribution in [0.2, 0.25) is 0 Å². The van der Waals surface area contributed by atoms with Crippen LogP contribution in [0, 0.1) is 23.7 Å². The van der Waals surface area contributed by atoms with Crippen LogP contribution in [0.3, 0.4) is 0 Å². The normalized spacial score (nSPS) is 39.5. The lowest BCUT2D eigenvalue weighted by molar-refractivity contribution is 0.249. The SMILES string of the molecule is C[C@@H]1[C@@H](/C=N/NC(N)=O)[C@H]2C=C[C@@H]1C2. The van der Waals surface area contributed by atoms with Crippen LogP contribution in [-0.2, 0) is 0 Å². The monoisotopic (exact) mass is 193 g/mol. The zero-order valence-electron chi connectivity index (χ0n) is 8.18. The zero-order chi connectivity index (χ0) is 10.1. The van der Waals surface area contributed by atoms with E-state index < -0.39 is 6.03 Å². The van der Waals surface area contributed by atoms with Gasteiger partial charge in [0.2, 0.25) is 0 Å². The molecule has 3 N–H and O–H groups in total. The maximum absolute atomic E-state index is 10.4. The van der Waals surface area contributed by atoms with Crippen molar-refractivity contribution >= 4 is 12.2 Å². The van der Waals surface area contributed by atoms with Gasteiger partial charge in [0, 0.05) is 12.1 Å². The van der Waals surface area contributed by atoms with Gasteiger partial charge in [-0.2, -0.15) is 5.10 Å². The second-order valence-corrected chi connectivity index (χ2v) is 4.14. The Labute approximate surface area is 83.2 Å². The van der Waals surface area contributed by atoms with Crippen LogP contribution in [0.5, 0.6) is 0 Å². The minimum atomic E-state index is -0.604. The first-order valence-corrected chi connectivity index (χ1v) is 4.95. The van der Waals surface area contributed by atoms with Gasteiger partial charge in [-0.25, -0.2) is 10.2 Å². The average Bonchev–Trinajstić information content (AvgIpc) is 2.68. The van der Waals surface area contributed by atoms with Gasteiger partial charge >= 0.3 is 6.03 Å². The smallest absolute Gasteiger partial charge is 0.332 e. The van der Waals surface area contributed by atoms with Crippen LogP contribution in [0.25, 0.3) is 0 Å². The predicted octanol–water partition coefficient (Wildman–Crippen LogP) is 1.10. The van der Waals surface area contributed by atoms with Crippen molar-refractivity contribution in [3.63, 3.8) is 0 Å². The molecule has 2 aliphatic carbocycles. The summed E-state index contributed by atoms with van der Waals surface area (Å²) in [5.41, 5.74) is 7.15. The lowest BCUT2D eigenvalue weighted by Gasteiger charge is -2.20. The summed E-state index contributed by atoms with van der Waals surface area (Å²) in [7, 11) is 0. The van der Waals surface area contributed by atoms with Crippen LogP contribution in [-0.4, -0.2) is 12.2 Å². The molecule has 0 unspecified atom stereocenters. The molecule has 0 aromatic carbocycles. The Morgan fingerprint density at radius 1 is 1.57 bits per heavy atom. The number of hydrazone groups is 1. The molecule has 4 nitrogen and oxygen atoms in total. The number of hydrogen-bond acceptors (Lipinski definition) is 2. The molecule has 2 amide bonds. The van der Waals surface area contributed by atoms with E-state index >= 15 is 0 Å². The third-order valence-electron chi connectivity index (χ3n) is 3.35. The summed E-state index contributed by atoms with van der Waals surface area (Å²) in [6.45, 7) is 2.23. The van der Waals surface area contributed by atoms with E-state index in [4.69, 9.17) is 5.73 Å². The standard InChI is InChI=1S/C10H15N3O/c1-6-7-2-3-8(4-7)9(6)5-12-13-10(11)14/h2-3,5-9H,4H2,1H3,(H3,11,13,14)/b12-5+/t6-,7+,8-,9+/m0/s1. The molecular formula is C10H15N3O. The van der Waals surface area contributed by atoms with Crippen LogP contribution in [0.15, 0.2) is 17.3 Å². The van der Waals surface area contributed by atoms with Crippen molar-refractivity contribution in [1.82, 2.24) is 5.43 Å². The van der Waals surface area contributed by atoms with Gasteiger partial charge in [-0.3, -0.25) is 0 Å². The summed E-state index contributed by atoms with van der Waals surface area (Å²) in [5, 5.41) is 3.84. The molecule has 1 fully saturated rings. The summed E-state index contributed by atoms with van der Waals surface area (Å²) in [6.07, 6.45) is 7.60. The number of nitrogens with one attached hydrogen (secondary N) is 1. The molecule has 0 spiro atoms. The van der Waals surface area contributed by atoms with E-state index in [0.717, 1.165) is 0 Å². The number of carbonyl (C=O) groups excluding carboxylic acids is 1. The highest BCUT2D eigenvalue weighted by Gasteiger charge is 2.40. The van der Waals surface area contributed by atoms with Gasteiger partial charge in [0.1, 0.15) is 0 Å². The molecule has 0 aromatic heterocycles. The van der Waals surface area contributed by atoms with Crippen molar-refractivity contribution in [2.45, 2.75) is 13.3 Å². The van der Waals surface area contributed by atoms with Gasteiger partial charge in [0.05, 0.1) is 0 Å². The molecule has 76 valence electrons. The lowest BCUT2D eigenvalue weighted by atomic mass is 9.85. The Morgan fingerprint density at radius 2 is 2.29 bits per heavy atom. The Hall–Kier alpha value is -1.32. The highest BCUT2D eigenvalue weighted by Crippen LogP contribution is 2.46. The summed E-state index contributed by atoms with van der Waals surface area (Å²) < 4.78 is 0. The van der Waals surface area contributed by atoms with Gasteiger partial charge in [0.15, 0.2) is 0 Å². The van der Waals surface area contributed by atoms with Crippen molar-refractivity contribution in [1.29, 1.82) is 0 Å². The van der Waals surface area contributed by atoms with Crippen molar-refractivity contribution in [2.24, 2.45) is 34.5 Å². The number of allylic oxidation sites excluding steroid dienone is 2. The number of fused-ring (bicyclic) bond motifs is 2. The molecule has 0 aromatic rings. The van der Waals surface area contributed by atoms with E-state index in [1.54, 1.807) is 0 Å². The number of carbonyl (C=O) groups is 1. The van der Waals surface area contributed by atoms with Gasteiger partial charge in [0.25, 0.3) is 0 Å². The van der Waals surface area contributed by atoms with Gasteiger partial charge in [-0.05, 0) is 24.2 Å². The first kappa shape index (κ1) is 9.24. The molecule has 0 heterocycles. The number of rotatable bonds is 2.